The molecule has 3 aromatic heterocycles. The Morgan fingerprint density at radius 2 is 1.85 bits per heavy atom. The lowest BCUT2D eigenvalue weighted by atomic mass is 10.3. The fourth-order valence-corrected chi connectivity index (χ4v) is 2.85. The number of pyridine rings is 1. The summed E-state index contributed by atoms with van der Waals surface area (Å²) in [6.45, 7) is 0. The summed E-state index contributed by atoms with van der Waals surface area (Å²) in [5.41, 5.74) is 3.77. The van der Waals surface area contributed by atoms with Crippen molar-refractivity contribution in [1.29, 1.82) is 0 Å². The number of H-pyrrole nitrogens is 2. The van der Waals surface area contributed by atoms with E-state index in [1.807, 2.05) is 36.4 Å². The van der Waals surface area contributed by atoms with E-state index in [-0.39, 0.29) is 0 Å². The van der Waals surface area contributed by atoms with Crippen LogP contribution in [0.25, 0.3) is 22.2 Å². The van der Waals surface area contributed by atoms with Crippen LogP contribution in [0.2, 0.25) is 0 Å². The van der Waals surface area contributed by atoms with E-state index in [9.17, 15) is 0 Å². The Bertz CT molecular complexity index is 739. The Labute approximate surface area is 118 Å². The minimum atomic E-state index is 0.745. The maximum atomic E-state index is 4.55. The third kappa shape index (κ3) is 2.04. The third-order valence-electron chi connectivity index (χ3n) is 3.02. The summed E-state index contributed by atoms with van der Waals surface area (Å²) >= 11 is 1.61. The number of aromatic nitrogens is 5. The molecule has 3 heterocycles. The summed E-state index contributed by atoms with van der Waals surface area (Å²) in [6.07, 6.45) is 1.75. The number of para-hydroxylation sites is 2. The van der Waals surface area contributed by atoms with Crippen LogP contribution in [0.15, 0.2) is 47.8 Å². The highest BCUT2D eigenvalue weighted by atomic mass is 32.2. The van der Waals surface area contributed by atoms with Gasteiger partial charge in [0.2, 0.25) is 0 Å². The van der Waals surface area contributed by atoms with Gasteiger partial charge in [0.25, 0.3) is 0 Å². The van der Waals surface area contributed by atoms with Gasteiger partial charge in [-0.15, -0.1) is 0 Å². The molecule has 0 aliphatic rings. The standard InChI is InChI=1S/C14H11N5S/c1-2-5-10-9(4-1)16-12(17-10)8-20-14-18-11-6-3-7-15-13(11)19-14/h1-7H,8H2,(H,16,17)(H,15,18,19). The molecule has 5 nitrogen and oxygen atoms in total. The topological polar surface area (TPSA) is 70.2 Å². The first kappa shape index (κ1) is 11.5. The molecule has 0 atom stereocenters. The Hall–Kier alpha value is -2.34. The van der Waals surface area contributed by atoms with Gasteiger partial charge in [-0.25, -0.2) is 15.0 Å². The molecule has 0 aliphatic carbocycles. The van der Waals surface area contributed by atoms with Crippen LogP contribution in [0.5, 0.6) is 0 Å². The van der Waals surface area contributed by atoms with Crippen LogP contribution in [0, 0.1) is 0 Å². The number of nitrogens with one attached hydrogen (secondary N) is 2. The summed E-state index contributed by atoms with van der Waals surface area (Å²) in [5.74, 6) is 1.69. The lowest BCUT2D eigenvalue weighted by Crippen LogP contribution is -1.84. The molecular formula is C14H11N5S. The minimum absolute atomic E-state index is 0.745. The first-order valence-electron chi connectivity index (χ1n) is 6.26. The van der Waals surface area contributed by atoms with E-state index in [0.717, 1.165) is 38.9 Å². The highest BCUT2D eigenvalue weighted by molar-refractivity contribution is 7.98. The van der Waals surface area contributed by atoms with Crippen LogP contribution < -0.4 is 0 Å². The number of hydrogen-bond donors (Lipinski definition) is 2. The number of rotatable bonds is 3. The summed E-state index contributed by atoms with van der Waals surface area (Å²) in [4.78, 5) is 19.8. The van der Waals surface area contributed by atoms with E-state index in [4.69, 9.17) is 0 Å². The quantitative estimate of drug-likeness (QED) is 0.566. The van der Waals surface area contributed by atoms with Gasteiger partial charge in [-0.1, -0.05) is 23.9 Å². The van der Waals surface area contributed by atoms with Crippen LogP contribution in [0.1, 0.15) is 5.82 Å². The van der Waals surface area contributed by atoms with Crippen molar-refractivity contribution in [2.75, 3.05) is 0 Å². The molecule has 0 spiro atoms. The van der Waals surface area contributed by atoms with E-state index < -0.39 is 0 Å². The second-order valence-corrected chi connectivity index (χ2v) is 5.37. The second-order valence-electron chi connectivity index (χ2n) is 4.41. The van der Waals surface area contributed by atoms with E-state index >= 15 is 0 Å². The molecule has 4 rings (SSSR count). The van der Waals surface area contributed by atoms with Crippen molar-refractivity contribution in [3.8, 4) is 0 Å². The van der Waals surface area contributed by atoms with Gasteiger partial charge in [0.15, 0.2) is 10.8 Å². The molecule has 0 fully saturated rings. The molecule has 1 aromatic carbocycles. The normalized spacial score (nSPS) is 11.4. The second kappa shape index (κ2) is 4.64. The molecule has 4 aromatic rings. The molecule has 2 N–H and O–H groups in total. The molecule has 0 saturated carbocycles. The lowest BCUT2D eigenvalue weighted by molar-refractivity contribution is 1.06. The molecule has 0 radical (unpaired) electrons. The van der Waals surface area contributed by atoms with Gasteiger partial charge in [-0.3, -0.25) is 0 Å². The average molecular weight is 281 g/mol. The van der Waals surface area contributed by atoms with Gasteiger partial charge in [0, 0.05) is 6.20 Å². The molecule has 0 aliphatic heterocycles. The molecule has 0 unspecified atom stereocenters. The van der Waals surface area contributed by atoms with Crippen molar-refractivity contribution < 1.29 is 0 Å². The van der Waals surface area contributed by atoms with Crippen LogP contribution in [-0.2, 0) is 5.75 Å². The number of aromatic amines is 2. The third-order valence-corrected chi connectivity index (χ3v) is 3.90. The fraction of sp³-hybridized carbons (Fsp3) is 0.0714. The number of hydrogen-bond acceptors (Lipinski definition) is 4. The molecule has 98 valence electrons. The summed E-state index contributed by atoms with van der Waals surface area (Å²) in [7, 11) is 0. The maximum absolute atomic E-state index is 4.55. The van der Waals surface area contributed by atoms with Crippen molar-refractivity contribution >= 4 is 34.0 Å². The van der Waals surface area contributed by atoms with Gasteiger partial charge in [-0.2, -0.15) is 0 Å². The van der Waals surface area contributed by atoms with E-state index in [1.54, 1.807) is 18.0 Å². The fourth-order valence-electron chi connectivity index (χ4n) is 2.10. The SMILES string of the molecule is c1ccc2[nH]c(CSc3nc4ncccc4[nH]3)nc2c1. The number of fused-ring (bicyclic) bond motifs is 2. The average Bonchev–Trinajstić information content (AvgIpc) is 3.07. The van der Waals surface area contributed by atoms with Crippen LogP contribution >= 0.6 is 11.8 Å². The molecular weight excluding hydrogens is 270 g/mol. The number of thioether (sulfide) groups is 1. The number of nitrogens with zero attached hydrogens (tertiary/aromatic N) is 3. The summed E-state index contributed by atoms with van der Waals surface area (Å²) in [5, 5.41) is 0.860. The first-order chi connectivity index (χ1) is 9.88. The van der Waals surface area contributed by atoms with Crippen molar-refractivity contribution in [2.45, 2.75) is 10.9 Å². The van der Waals surface area contributed by atoms with Crippen LogP contribution in [-0.4, -0.2) is 24.9 Å². The zero-order valence-electron chi connectivity index (χ0n) is 10.5. The Morgan fingerprint density at radius 3 is 2.75 bits per heavy atom. The first-order valence-corrected chi connectivity index (χ1v) is 7.24. The molecule has 0 bridgehead atoms. The zero-order valence-corrected chi connectivity index (χ0v) is 11.3. The van der Waals surface area contributed by atoms with Gasteiger partial charge < -0.3 is 9.97 Å². The largest absolute Gasteiger partial charge is 0.341 e. The Morgan fingerprint density at radius 1 is 0.950 bits per heavy atom. The van der Waals surface area contributed by atoms with Crippen molar-refractivity contribution in [1.82, 2.24) is 24.9 Å². The zero-order chi connectivity index (χ0) is 13.4. The predicted octanol–water partition coefficient (Wildman–Crippen LogP) is 3.13. The summed E-state index contributed by atoms with van der Waals surface area (Å²) < 4.78 is 0. The molecule has 0 amide bonds. The summed E-state index contributed by atoms with van der Waals surface area (Å²) in [6, 6.07) is 11.9. The van der Waals surface area contributed by atoms with Crippen LogP contribution in [0.3, 0.4) is 0 Å². The molecule has 6 heteroatoms. The lowest BCUT2D eigenvalue weighted by Gasteiger charge is -1.93. The Kier molecular flexibility index (Phi) is 2.67. The monoisotopic (exact) mass is 281 g/mol. The highest BCUT2D eigenvalue weighted by Gasteiger charge is 2.06. The smallest absolute Gasteiger partial charge is 0.178 e. The minimum Gasteiger partial charge on any atom is -0.341 e. The van der Waals surface area contributed by atoms with Crippen LogP contribution in [0.4, 0.5) is 0 Å². The Balaban J connectivity index is 1.57. The number of benzene rings is 1. The van der Waals surface area contributed by atoms with E-state index in [2.05, 4.69) is 24.9 Å². The van der Waals surface area contributed by atoms with Crippen molar-refractivity contribution in [3.63, 3.8) is 0 Å². The van der Waals surface area contributed by atoms with Gasteiger partial charge in [0.05, 0.1) is 22.3 Å². The van der Waals surface area contributed by atoms with Crippen molar-refractivity contribution in [2.24, 2.45) is 0 Å². The van der Waals surface area contributed by atoms with Gasteiger partial charge in [-0.05, 0) is 24.3 Å². The van der Waals surface area contributed by atoms with Crippen molar-refractivity contribution in [3.05, 3.63) is 48.4 Å². The van der Waals surface area contributed by atoms with Gasteiger partial charge >= 0.3 is 0 Å². The molecule has 20 heavy (non-hydrogen) atoms. The highest BCUT2D eigenvalue weighted by Crippen LogP contribution is 2.22. The predicted molar refractivity (Wildman–Crippen MR) is 79.5 cm³/mol. The van der Waals surface area contributed by atoms with Gasteiger partial charge in [0.1, 0.15) is 5.82 Å². The number of imidazole rings is 2. The maximum Gasteiger partial charge on any atom is 0.178 e. The van der Waals surface area contributed by atoms with E-state index in [1.165, 1.54) is 0 Å². The molecule has 0 saturated heterocycles. The van der Waals surface area contributed by atoms with E-state index in [0.29, 0.717) is 0 Å².